The lowest BCUT2D eigenvalue weighted by molar-refractivity contribution is -0.168. The Kier molecular flexibility index (Phi) is 4.41. The normalized spacial score (nSPS) is 12.0. The van der Waals surface area contributed by atoms with E-state index >= 15 is 0 Å². The van der Waals surface area contributed by atoms with Crippen molar-refractivity contribution >= 4 is 0 Å². The van der Waals surface area contributed by atoms with Gasteiger partial charge in [0.2, 0.25) is 0 Å². The van der Waals surface area contributed by atoms with Crippen molar-refractivity contribution in [1.82, 2.24) is 10.1 Å². The second-order valence-corrected chi connectivity index (χ2v) is 4.12. The van der Waals surface area contributed by atoms with Gasteiger partial charge < -0.3 is 14.4 Å². The SMILES string of the molecule is Oc1cccc(-c2nc(COCC(F)(F)C(F)F)no2)c1. The fraction of sp³-hybridized carbons (Fsp3) is 0.333. The average Bonchev–Trinajstić information content (AvgIpc) is 2.87. The monoisotopic (exact) mass is 306 g/mol. The Labute approximate surface area is 116 Å². The molecule has 0 bridgehead atoms. The number of ether oxygens (including phenoxy) is 1. The highest BCUT2D eigenvalue weighted by Crippen LogP contribution is 2.24. The minimum Gasteiger partial charge on any atom is -0.508 e. The molecule has 0 spiro atoms. The van der Waals surface area contributed by atoms with Gasteiger partial charge >= 0.3 is 12.3 Å². The van der Waals surface area contributed by atoms with E-state index in [-0.39, 0.29) is 17.5 Å². The van der Waals surface area contributed by atoms with Crippen molar-refractivity contribution in [2.45, 2.75) is 19.0 Å². The molecular formula is C12H10F4N2O3. The molecule has 0 aliphatic rings. The number of aromatic nitrogens is 2. The Hall–Kier alpha value is -2.16. The number of phenols is 1. The van der Waals surface area contributed by atoms with Gasteiger partial charge in [0.15, 0.2) is 5.82 Å². The van der Waals surface area contributed by atoms with Gasteiger partial charge in [-0.2, -0.15) is 13.8 Å². The van der Waals surface area contributed by atoms with Crippen LogP contribution in [0.2, 0.25) is 0 Å². The summed E-state index contributed by atoms with van der Waals surface area (Å²) >= 11 is 0. The highest BCUT2D eigenvalue weighted by Gasteiger charge is 2.41. The minimum atomic E-state index is -4.22. The van der Waals surface area contributed by atoms with Crippen LogP contribution in [0.1, 0.15) is 5.82 Å². The summed E-state index contributed by atoms with van der Waals surface area (Å²) < 4.78 is 58.3. The summed E-state index contributed by atoms with van der Waals surface area (Å²) in [5, 5.41) is 12.8. The molecule has 1 aromatic heterocycles. The Morgan fingerprint density at radius 2 is 2.10 bits per heavy atom. The summed E-state index contributed by atoms with van der Waals surface area (Å²) in [6.45, 7) is -1.94. The maximum Gasteiger partial charge on any atom is 0.330 e. The van der Waals surface area contributed by atoms with Crippen LogP contribution in [0.25, 0.3) is 11.5 Å². The Bertz CT molecular complexity index is 604. The number of alkyl halides is 4. The molecule has 1 N–H and O–H groups in total. The third-order valence-corrected chi connectivity index (χ3v) is 2.41. The van der Waals surface area contributed by atoms with Crippen molar-refractivity contribution in [3.05, 3.63) is 30.1 Å². The standard InChI is InChI=1S/C12H10F4N2O3/c13-11(14)12(15,16)6-20-5-9-17-10(21-18-9)7-2-1-3-8(19)4-7/h1-4,11,19H,5-6H2. The molecule has 0 aliphatic carbocycles. The van der Waals surface area contributed by atoms with Gasteiger partial charge in [-0.25, -0.2) is 8.78 Å². The zero-order valence-corrected chi connectivity index (χ0v) is 10.5. The van der Waals surface area contributed by atoms with E-state index in [0.29, 0.717) is 5.56 Å². The average molecular weight is 306 g/mol. The van der Waals surface area contributed by atoms with Crippen LogP contribution in [0.4, 0.5) is 17.6 Å². The van der Waals surface area contributed by atoms with Gasteiger partial charge in [-0.15, -0.1) is 0 Å². The van der Waals surface area contributed by atoms with E-state index in [2.05, 4.69) is 14.9 Å². The van der Waals surface area contributed by atoms with E-state index in [0.717, 1.165) is 0 Å². The molecule has 0 saturated heterocycles. The molecule has 9 heteroatoms. The minimum absolute atomic E-state index is 0.0138. The van der Waals surface area contributed by atoms with Crippen LogP contribution < -0.4 is 0 Å². The maximum absolute atomic E-state index is 12.6. The fourth-order valence-electron chi connectivity index (χ4n) is 1.41. The Balaban J connectivity index is 1.95. The maximum atomic E-state index is 12.6. The van der Waals surface area contributed by atoms with Crippen LogP contribution in [0.5, 0.6) is 5.75 Å². The second kappa shape index (κ2) is 6.08. The number of halogens is 4. The van der Waals surface area contributed by atoms with Gasteiger partial charge in [0.05, 0.1) is 0 Å². The molecule has 2 rings (SSSR count). The van der Waals surface area contributed by atoms with E-state index in [1.54, 1.807) is 12.1 Å². The predicted octanol–water partition coefficient (Wildman–Crippen LogP) is 2.86. The first-order chi connectivity index (χ1) is 9.88. The molecular weight excluding hydrogens is 296 g/mol. The Morgan fingerprint density at radius 3 is 2.76 bits per heavy atom. The van der Waals surface area contributed by atoms with Crippen LogP contribution in [-0.4, -0.2) is 34.2 Å². The zero-order chi connectivity index (χ0) is 15.5. The van der Waals surface area contributed by atoms with Crippen molar-refractivity contribution in [3.8, 4) is 17.2 Å². The molecule has 0 unspecified atom stereocenters. The third kappa shape index (κ3) is 3.91. The molecule has 21 heavy (non-hydrogen) atoms. The molecule has 0 saturated carbocycles. The molecule has 0 radical (unpaired) electrons. The first-order valence-electron chi connectivity index (χ1n) is 5.74. The number of hydrogen-bond acceptors (Lipinski definition) is 5. The Morgan fingerprint density at radius 1 is 1.33 bits per heavy atom. The molecule has 0 amide bonds. The summed E-state index contributed by atoms with van der Waals surface area (Å²) in [5.41, 5.74) is 0.423. The van der Waals surface area contributed by atoms with Gasteiger partial charge in [-0.3, -0.25) is 0 Å². The lowest BCUT2D eigenvalue weighted by atomic mass is 10.2. The van der Waals surface area contributed by atoms with Crippen LogP contribution in [0.15, 0.2) is 28.8 Å². The van der Waals surface area contributed by atoms with Crippen LogP contribution in [0.3, 0.4) is 0 Å². The molecule has 0 fully saturated rings. The number of rotatable bonds is 6. The summed E-state index contributed by atoms with van der Waals surface area (Å²) in [6, 6.07) is 5.94. The van der Waals surface area contributed by atoms with Gasteiger partial charge in [-0.05, 0) is 18.2 Å². The molecule has 5 nitrogen and oxygen atoms in total. The molecule has 1 heterocycles. The smallest absolute Gasteiger partial charge is 0.330 e. The number of aromatic hydroxyl groups is 1. The summed E-state index contributed by atoms with van der Waals surface area (Å²) in [4.78, 5) is 3.84. The number of phenolic OH excluding ortho intramolecular Hbond substituents is 1. The summed E-state index contributed by atoms with van der Waals surface area (Å²) in [5.74, 6) is -4.26. The topological polar surface area (TPSA) is 68.4 Å². The highest BCUT2D eigenvalue weighted by atomic mass is 19.3. The van der Waals surface area contributed by atoms with Gasteiger partial charge in [0.1, 0.15) is 19.0 Å². The van der Waals surface area contributed by atoms with Crippen LogP contribution in [0, 0.1) is 0 Å². The fourth-order valence-corrected chi connectivity index (χ4v) is 1.41. The highest BCUT2D eigenvalue weighted by molar-refractivity contribution is 5.55. The molecule has 0 aliphatic heterocycles. The lowest BCUT2D eigenvalue weighted by Crippen LogP contribution is -2.32. The third-order valence-electron chi connectivity index (χ3n) is 2.41. The quantitative estimate of drug-likeness (QED) is 0.831. The zero-order valence-electron chi connectivity index (χ0n) is 10.5. The van der Waals surface area contributed by atoms with E-state index in [4.69, 9.17) is 4.52 Å². The molecule has 2 aromatic rings. The van der Waals surface area contributed by atoms with Crippen molar-refractivity contribution in [2.75, 3.05) is 6.61 Å². The first-order valence-corrected chi connectivity index (χ1v) is 5.74. The van der Waals surface area contributed by atoms with Crippen LogP contribution >= 0.6 is 0 Å². The van der Waals surface area contributed by atoms with E-state index in [1.807, 2.05) is 0 Å². The van der Waals surface area contributed by atoms with Crippen molar-refractivity contribution in [1.29, 1.82) is 0 Å². The molecule has 1 aromatic carbocycles. The van der Waals surface area contributed by atoms with Crippen molar-refractivity contribution < 1.29 is 31.9 Å². The molecule has 0 atom stereocenters. The first kappa shape index (κ1) is 15.2. The van der Waals surface area contributed by atoms with Crippen molar-refractivity contribution in [2.24, 2.45) is 0 Å². The number of benzene rings is 1. The van der Waals surface area contributed by atoms with E-state index < -0.39 is 25.6 Å². The summed E-state index contributed by atoms with van der Waals surface area (Å²) in [6.07, 6.45) is -3.80. The number of hydrogen-bond donors (Lipinski definition) is 1. The van der Waals surface area contributed by atoms with E-state index in [1.165, 1.54) is 12.1 Å². The predicted molar refractivity (Wildman–Crippen MR) is 62.0 cm³/mol. The molecule has 114 valence electrons. The van der Waals surface area contributed by atoms with Gasteiger partial charge in [0, 0.05) is 5.56 Å². The summed E-state index contributed by atoms with van der Waals surface area (Å²) in [7, 11) is 0. The van der Waals surface area contributed by atoms with Gasteiger partial charge in [-0.1, -0.05) is 11.2 Å². The number of nitrogens with zero attached hydrogens (tertiary/aromatic N) is 2. The van der Waals surface area contributed by atoms with E-state index in [9.17, 15) is 22.7 Å². The van der Waals surface area contributed by atoms with Crippen LogP contribution in [-0.2, 0) is 11.3 Å². The van der Waals surface area contributed by atoms with Gasteiger partial charge in [0.25, 0.3) is 5.89 Å². The lowest BCUT2D eigenvalue weighted by Gasteiger charge is -2.14. The second-order valence-electron chi connectivity index (χ2n) is 4.12. The van der Waals surface area contributed by atoms with Crippen molar-refractivity contribution in [3.63, 3.8) is 0 Å². The largest absolute Gasteiger partial charge is 0.508 e.